The average Bonchev–Trinajstić information content (AvgIpc) is 3.44. The molecule has 0 fully saturated rings. The molecule has 14 N–H and O–H groups in total. The first-order chi connectivity index (χ1) is 37.3. The summed E-state index contributed by atoms with van der Waals surface area (Å²) in [5.41, 5.74) is 12.3. The number of carboxylic acid groups (broad SMARTS) is 2. The van der Waals surface area contributed by atoms with Crippen LogP contribution in [0.2, 0.25) is 0 Å². The molecular formula is C48H39N13O15S3. The fraction of sp³-hybridized carbons (Fsp3) is 0.0417. The number of azo groups is 4. The van der Waals surface area contributed by atoms with Gasteiger partial charge in [-0.15, -0.1) is 20.5 Å². The van der Waals surface area contributed by atoms with Gasteiger partial charge in [0, 0.05) is 27.8 Å². The maximum atomic E-state index is 12.7. The van der Waals surface area contributed by atoms with Crippen molar-refractivity contribution in [2.24, 2.45) is 40.9 Å². The Kier molecular flexibility index (Phi) is 15.6. The number of carbonyl (C=O) groups is 2. The van der Waals surface area contributed by atoms with Crippen molar-refractivity contribution >= 4 is 143 Å². The molecule has 0 radical (unpaired) electrons. The zero-order valence-corrected chi connectivity index (χ0v) is 42.3. The Morgan fingerprint density at radius 1 is 0.430 bits per heavy atom. The van der Waals surface area contributed by atoms with Gasteiger partial charge in [-0.05, 0) is 126 Å². The number of hydrogen-bond donors (Lipinski definition) is 12. The minimum absolute atomic E-state index is 0.0303. The van der Waals surface area contributed by atoms with E-state index in [-0.39, 0.29) is 91.5 Å². The summed E-state index contributed by atoms with van der Waals surface area (Å²) in [6.45, 7) is -0.701. The Labute approximate surface area is 445 Å². The van der Waals surface area contributed by atoms with Crippen LogP contribution in [0.15, 0.2) is 183 Å². The van der Waals surface area contributed by atoms with Crippen molar-refractivity contribution in [3.63, 3.8) is 0 Å². The second kappa shape index (κ2) is 22.3. The number of phenolic OH excluding ortho intramolecular Hbond substituents is 2. The molecule has 0 saturated carbocycles. The molecule has 31 heteroatoms. The van der Waals surface area contributed by atoms with Gasteiger partial charge in [0.25, 0.3) is 30.4 Å². The molecule has 8 rings (SSSR count). The Balaban J connectivity index is 1.02. The van der Waals surface area contributed by atoms with Gasteiger partial charge in [-0.25, -0.2) is 0 Å². The van der Waals surface area contributed by atoms with E-state index in [0.717, 1.165) is 18.2 Å². The predicted octanol–water partition coefficient (Wildman–Crippen LogP) is 10.7. The van der Waals surface area contributed by atoms with E-state index in [0.29, 0.717) is 11.4 Å². The molecule has 79 heavy (non-hydrogen) atoms. The van der Waals surface area contributed by atoms with Crippen LogP contribution in [0.25, 0.3) is 21.5 Å². The lowest BCUT2D eigenvalue weighted by Crippen LogP contribution is -2.12. The van der Waals surface area contributed by atoms with Crippen molar-refractivity contribution < 1.29 is 68.9 Å². The number of nitrogens with one attached hydrogen (secondary N) is 3. The maximum absolute atomic E-state index is 12.7. The largest absolute Gasteiger partial charge is 0.505 e. The minimum Gasteiger partial charge on any atom is -0.505 e. The van der Waals surface area contributed by atoms with Crippen molar-refractivity contribution in [2.75, 3.05) is 40.5 Å². The summed E-state index contributed by atoms with van der Waals surface area (Å²) in [6, 6.07) is 28.0. The third kappa shape index (κ3) is 13.3. The van der Waals surface area contributed by atoms with E-state index in [1.54, 1.807) is 0 Å². The Hall–Kier alpha value is -10.1. The molecule has 0 heterocycles. The van der Waals surface area contributed by atoms with Crippen molar-refractivity contribution in [3.8, 4) is 11.5 Å². The number of fused-ring (bicyclic) bond motifs is 2. The molecule has 0 saturated heterocycles. The topological polar surface area (TPSA) is 465 Å². The number of aliphatic carboxylic acids is 2. The van der Waals surface area contributed by atoms with Gasteiger partial charge in [0.2, 0.25) is 0 Å². The lowest BCUT2D eigenvalue weighted by atomic mass is 10.1. The van der Waals surface area contributed by atoms with E-state index < -0.39 is 79.9 Å². The molecule has 8 aromatic rings. The first kappa shape index (κ1) is 55.2. The van der Waals surface area contributed by atoms with Crippen LogP contribution in [0.3, 0.4) is 0 Å². The molecular weight excluding hydrogens is 1090 g/mol. The fourth-order valence-corrected chi connectivity index (χ4v) is 9.31. The summed E-state index contributed by atoms with van der Waals surface area (Å²) in [7, 11) is -15.1. The zero-order valence-electron chi connectivity index (χ0n) is 39.9. The summed E-state index contributed by atoms with van der Waals surface area (Å²) in [4.78, 5) is 19.4. The van der Waals surface area contributed by atoms with Gasteiger partial charge in [0.15, 0.2) is 11.5 Å². The number of aromatic hydroxyl groups is 2. The zero-order chi connectivity index (χ0) is 57.0. The van der Waals surface area contributed by atoms with Crippen LogP contribution in [0.4, 0.5) is 79.6 Å². The Morgan fingerprint density at radius 3 is 1.23 bits per heavy atom. The van der Waals surface area contributed by atoms with Gasteiger partial charge in [0.1, 0.15) is 50.5 Å². The summed E-state index contributed by atoms with van der Waals surface area (Å²) < 4.78 is 106. The van der Waals surface area contributed by atoms with E-state index in [2.05, 4.69) is 56.9 Å². The van der Waals surface area contributed by atoms with Gasteiger partial charge in [-0.2, -0.15) is 45.7 Å². The lowest BCUT2D eigenvalue weighted by molar-refractivity contribution is -0.135. The van der Waals surface area contributed by atoms with Crippen LogP contribution in [-0.4, -0.2) is 84.4 Å². The summed E-state index contributed by atoms with van der Waals surface area (Å²) >= 11 is 0. The molecule has 8 aromatic carbocycles. The molecule has 404 valence electrons. The molecule has 0 aliphatic carbocycles. The highest BCUT2D eigenvalue weighted by molar-refractivity contribution is 7.86. The van der Waals surface area contributed by atoms with Gasteiger partial charge >= 0.3 is 11.9 Å². The molecule has 0 aliphatic heterocycles. The molecule has 0 aromatic heterocycles. The molecule has 0 aliphatic rings. The van der Waals surface area contributed by atoms with E-state index in [1.165, 1.54) is 109 Å². The lowest BCUT2D eigenvalue weighted by Gasteiger charge is -2.12. The van der Waals surface area contributed by atoms with Crippen molar-refractivity contribution in [3.05, 3.63) is 127 Å². The van der Waals surface area contributed by atoms with Crippen LogP contribution < -0.4 is 27.4 Å². The molecule has 0 unspecified atom stereocenters. The second-order valence-electron chi connectivity index (χ2n) is 16.6. The number of anilines is 6. The Bertz CT molecular complexity index is 4280. The van der Waals surface area contributed by atoms with Crippen molar-refractivity contribution in [1.82, 2.24) is 0 Å². The number of nitrogens with two attached hydrogens (primary N) is 2. The first-order valence-corrected chi connectivity index (χ1v) is 26.5. The number of phenols is 2. The van der Waals surface area contributed by atoms with Crippen LogP contribution in [-0.2, 0) is 39.9 Å². The predicted molar refractivity (Wildman–Crippen MR) is 287 cm³/mol. The molecule has 28 nitrogen and oxygen atoms in total. The SMILES string of the molecule is Nc1cc(NCC(=O)O)ccc1N=Nc1ccc2cc(S(=O)(=O)O)c(N=Nc3ccc(Nc4ccc(N=Nc5c(S(=O)(=O)O)cc6ccc(N=Nc7ccc(NCC(=O)O)cc7N)cc6c5O)cc4S(=O)(=O)O)cc3)c(O)c2c1. The average molecular weight is 1130 g/mol. The van der Waals surface area contributed by atoms with Gasteiger partial charge in [0.05, 0.1) is 39.8 Å². The highest BCUT2D eigenvalue weighted by Gasteiger charge is 2.25. The number of nitrogen functional groups attached to an aromatic ring is 2. The number of hydrogen-bond acceptors (Lipinski definition) is 23. The molecule has 0 amide bonds. The smallest absolute Gasteiger partial charge is 0.322 e. The van der Waals surface area contributed by atoms with Crippen molar-refractivity contribution in [2.45, 2.75) is 14.7 Å². The van der Waals surface area contributed by atoms with Crippen LogP contribution >= 0.6 is 0 Å². The van der Waals surface area contributed by atoms with E-state index in [4.69, 9.17) is 21.7 Å². The van der Waals surface area contributed by atoms with Gasteiger partial charge in [-0.1, -0.05) is 12.1 Å². The third-order valence-corrected chi connectivity index (χ3v) is 13.7. The highest BCUT2D eigenvalue weighted by atomic mass is 32.2. The number of benzene rings is 8. The second-order valence-corrected chi connectivity index (χ2v) is 20.7. The van der Waals surface area contributed by atoms with E-state index in [9.17, 15) is 58.7 Å². The molecule has 0 bridgehead atoms. The number of carboxylic acids is 2. The standard InChI is InChI=1S/C48H39N13O15S3/c49-35-19-28(51-22-43(62)63)9-12-37(35)58-55-30-3-1-24-15-41(78(71,72)73)45(47(66)33(24)17-30)60-54-27-7-5-26(6-8-27)53-39-14-11-32(21-40(39)77(68,69)70)57-61-46-42(79(74,75)76)16-25-2-4-31(18-34(25)48(46)67)56-59-38-13-10-29(20-36(38)50)52-23-44(64)65/h1-21,51-53,66-67H,22-23,49-50H2,(H,62,63)(H,64,65)(H,68,69,70)(H,71,72,73)(H,74,75,76). The van der Waals surface area contributed by atoms with Crippen LogP contribution in [0.1, 0.15) is 0 Å². The van der Waals surface area contributed by atoms with E-state index >= 15 is 0 Å². The van der Waals surface area contributed by atoms with Gasteiger partial charge < -0.3 is 47.8 Å². The normalized spacial score (nSPS) is 12.3. The summed E-state index contributed by atoms with van der Waals surface area (Å²) in [5, 5.41) is 81.0. The fourth-order valence-electron chi connectivity index (χ4n) is 7.33. The van der Waals surface area contributed by atoms with Crippen LogP contribution in [0.5, 0.6) is 11.5 Å². The van der Waals surface area contributed by atoms with E-state index in [1.807, 2.05) is 0 Å². The number of nitrogens with zero attached hydrogens (tertiary/aromatic N) is 8. The molecule has 0 atom stereocenters. The van der Waals surface area contributed by atoms with Gasteiger partial charge in [-0.3, -0.25) is 23.2 Å². The highest BCUT2D eigenvalue weighted by Crippen LogP contribution is 2.45. The monoisotopic (exact) mass is 1130 g/mol. The number of rotatable bonds is 19. The maximum Gasteiger partial charge on any atom is 0.322 e. The third-order valence-electron chi connectivity index (χ3n) is 11.0. The molecule has 0 spiro atoms. The first-order valence-electron chi connectivity index (χ1n) is 22.2. The quantitative estimate of drug-likeness (QED) is 0.0203. The van der Waals surface area contributed by atoms with Crippen molar-refractivity contribution in [1.29, 1.82) is 0 Å². The summed E-state index contributed by atoms with van der Waals surface area (Å²) in [5.74, 6) is -3.67. The van der Waals surface area contributed by atoms with Crippen LogP contribution in [0, 0.1) is 0 Å². The minimum atomic E-state index is -5.08. The Morgan fingerprint density at radius 2 is 0.810 bits per heavy atom. The summed E-state index contributed by atoms with van der Waals surface area (Å²) in [6.07, 6.45) is 0.